The molecule has 0 heterocycles. The lowest BCUT2D eigenvalue weighted by atomic mass is 10.1. The first-order valence-electron chi connectivity index (χ1n) is 6.14. The minimum Gasteiger partial charge on any atom is -0.409 e. The van der Waals surface area contributed by atoms with Gasteiger partial charge in [-0.3, -0.25) is 4.79 Å². The van der Waals surface area contributed by atoms with Crippen LogP contribution in [0.4, 0.5) is 5.69 Å². The summed E-state index contributed by atoms with van der Waals surface area (Å²) in [5.74, 6) is -0.213. The average Bonchev–Trinajstić information content (AvgIpc) is 2.52. The third-order valence-corrected chi connectivity index (χ3v) is 3.25. The number of carbonyl (C=O) groups is 1. The molecule has 2 rings (SSSR count). The van der Waals surface area contributed by atoms with E-state index in [1.807, 2.05) is 0 Å². The van der Waals surface area contributed by atoms with E-state index in [0.717, 1.165) is 0 Å². The zero-order valence-corrected chi connectivity index (χ0v) is 12.1. The first-order chi connectivity index (χ1) is 10.0. The van der Waals surface area contributed by atoms with Gasteiger partial charge in [-0.1, -0.05) is 35.0 Å². The van der Waals surface area contributed by atoms with Gasteiger partial charge in [0.15, 0.2) is 5.84 Å². The number of halogens is 1. The maximum atomic E-state index is 12.4. The molecule has 2 aromatic carbocycles. The normalized spacial score (nSPS) is 11.2. The molecule has 6 heteroatoms. The Bertz CT molecular complexity index is 701. The molecule has 0 aromatic heterocycles. The number of benzene rings is 2. The predicted octanol–water partition coefficient (Wildman–Crippen LogP) is 2.71. The molecule has 21 heavy (non-hydrogen) atoms. The maximum Gasteiger partial charge on any atom is 0.258 e. The molecule has 5 nitrogen and oxygen atoms in total. The van der Waals surface area contributed by atoms with E-state index in [2.05, 4.69) is 5.16 Å². The number of hydrogen-bond acceptors (Lipinski definition) is 3. The molecule has 2 aromatic rings. The van der Waals surface area contributed by atoms with Crippen molar-refractivity contribution in [1.82, 2.24) is 0 Å². The largest absolute Gasteiger partial charge is 0.409 e. The number of amides is 1. The summed E-state index contributed by atoms with van der Waals surface area (Å²) in [5.41, 5.74) is 7.19. The fourth-order valence-electron chi connectivity index (χ4n) is 1.86. The molecule has 0 radical (unpaired) electrons. The van der Waals surface area contributed by atoms with Crippen molar-refractivity contribution in [2.24, 2.45) is 10.9 Å². The van der Waals surface area contributed by atoms with E-state index < -0.39 is 0 Å². The summed E-state index contributed by atoms with van der Waals surface area (Å²) in [6.07, 6.45) is 0. The van der Waals surface area contributed by atoms with Gasteiger partial charge in [-0.2, -0.15) is 0 Å². The van der Waals surface area contributed by atoms with Crippen LogP contribution in [-0.4, -0.2) is 24.0 Å². The topological polar surface area (TPSA) is 78.9 Å². The fourth-order valence-corrected chi connectivity index (χ4v) is 2.05. The van der Waals surface area contributed by atoms with E-state index in [4.69, 9.17) is 22.5 Å². The second kappa shape index (κ2) is 6.28. The van der Waals surface area contributed by atoms with Gasteiger partial charge in [0.05, 0.1) is 0 Å². The SMILES string of the molecule is CN(C(=O)c1cccc(Cl)c1)c1cccc(C(N)=NO)c1. The third-order valence-electron chi connectivity index (χ3n) is 3.01. The van der Waals surface area contributed by atoms with Crippen molar-refractivity contribution in [2.45, 2.75) is 0 Å². The first-order valence-corrected chi connectivity index (χ1v) is 6.52. The van der Waals surface area contributed by atoms with E-state index in [0.29, 0.717) is 21.8 Å². The zero-order chi connectivity index (χ0) is 15.4. The minimum absolute atomic E-state index is 0.0135. The van der Waals surface area contributed by atoms with Crippen molar-refractivity contribution in [1.29, 1.82) is 0 Å². The lowest BCUT2D eigenvalue weighted by molar-refractivity contribution is 0.0993. The molecule has 0 fully saturated rings. The van der Waals surface area contributed by atoms with E-state index in [1.165, 1.54) is 4.90 Å². The summed E-state index contributed by atoms with van der Waals surface area (Å²) in [7, 11) is 1.65. The summed E-state index contributed by atoms with van der Waals surface area (Å²) in [6, 6.07) is 13.6. The molecule has 0 saturated heterocycles. The Balaban J connectivity index is 2.31. The van der Waals surface area contributed by atoms with Crippen LogP contribution in [0.2, 0.25) is 5.02 Å². The molecule has 0 unspecified atom stereocenters. The summed E-state index contributed by atoms with van der Waals surface area (Å²) >= 11 is 5.89. The Morgan fingerprint density at radius 1 is 1.19 bits per heavy atom. The van der Waals surface area contributed by atoms with Crippen molar-refractivity contribution < 1.29 is 10.0 Å². The standard InChI is InChI=1S/C15H14ClN3O2/c1-19(15(20)11-5-2-6-12(16)8-11)13-7-3-4-10(9-13)14(17)18-21/h2-9,21H,1H3,(H2,17,18). The van der Waals surface area contributed by atoms with Gasteiger partial charge in [-0.25, -0.2) is 0 Å². The highest BCUT2D eigenvalue weighted by Gasteiger charge is 2.14. The van der Waals surface area contributed by atoms with Gasteiger partial charge in [-0.15, -0.1) is 0 Å². The molecule has 0 atom stereocenters. The third kappa shape index (κ3) is 3.32. The molecule has 0 aliphatic rings. The van der Waals surface area contributed by atoms with E-state index >= 15 is 0 Å². The highest BCUT2D eigenvalue weighted by atomic mass is 35.5. The van der Waals surface area contributed by atoms with Crippen LogP contribution in [0.3, 0.4) is 0 Å². The number of amidine groups is 1. The van der Waals surface area contributed by atoms with Crippen molar-refractivity contribution in [3.8, 4) is 0 Å². The van der Waals surface area contributed by atoms with Gasteiger partial charge in [0.2, 0.25) is 0 Å². The van der Waals surface area contributed by atoms with Crippen LogP contribution < -0.4 is 10.6 Å². The summed E-state index contributed by atoms with van der Waals surface area (Å²) < 4.78 is 0. The predicted molar refractivity (Wildman–Crippen MR) is 83.1 cm³/mol. The fraction of sp³-hybridized carbons (Fsp3) is 0.0667. The number of nitrogens with zero attached hydrogens (tertiary/aromatic N) is 2. The number of nitrogens with two attached hydrogens (primary N) is 1. The number of carbonyl (C=O) groups excluding carboxylic acids is 1. The van der Waals surface area contributed by atoms with Gasteiger partial charge >= 0.3 is 0 Å². The van der Waals surface area contributed by atoms with Gasteiger partial charge in [0.1, 0.15) is 0 Å². The Kier molecular flexibility index (Phi) is 4.45. The molecule has 0 bridgehead atoms. The number of rotatable bonds is 3. The van der Waals surface area contributed by atoms with E-state index in [1.54, 1.807) is 55.6 Å². The Labute approximate surface area is 127 Å². The van der Waals surface area contributed by atoms with Crippen LogP contribution in [-0.2, 0) is 0 Å². The van der Waals surface area contributed by atoms with E-state index in [9.17, 15) is 4.79 Å². The van der Waals surface area contributed by atoms with Gasteiger partial charge in [0, 0.05) is 28.9 Å². The molecule has 0 aliphatic heterocycles. The van der Waals surface area contributed by atoms with Crippen LogP contribution >= 0.6 is 11.6 Å². The lowest BCUT2D eigenvalue weighted by Crippen LogP contribution is -2.26. The smallest absolute Gasteiger partial charge is 0.258 e. The lowest BCUT2D eigenvalue weighted by Gasteiger charge is -2.18. The number of hydrogen-bond donors (Lipinski definition) is 2. The van der Waals surface area contributed by atoms with Crippen molar-refractivity contribution in [3.05, 3.63) is 64.7 Å². The van der Waals surface area contributed by atoms with Crippen LogP contribution in [0, 0.1) is 0 Å². The highest BCUT2D eigenvalue weighted by molar-refractivity contribution is 6.31. The average molecular weight is 304 g/mol. The molecular formula is C15H14ClN3O2. The van der Waals surface area contributed by atoms with Crippen LogP contribution in [0.25, 0.3) is 0 Å². The summed E-state index contributed by atoms with van der Waals surface area (Å²) in [4.78, 5) is 13.9. The molecule has 3 N–H and O–H groups in total. The second-order valence-corrected chi connectivity index (χ2v) is 4.85. The molecule has 0 aliphatic carbocycles. The molecule has 108 valence electrons. The Morgan fingerprint density at radius 2 is 1.86 bits per heavy atom. The van der Waals surface area contributed by atoms with Crippen LogP contribution in [0.15, 0.2) is 53.7 Å². The zero-order valence-electron chi connectivity index (χ0n) is 11.3. The number of oxime groups is 1. The maximum absolute atomic E-state index is 12.4. The molecular weight excluding hydrogens is 290 g/mol. The van der Waals surface area contributed by atoms with Gasteiger partial charge < -0.3 is 15.8 Å². The quantitative estimate of drug-likeness (QED) is 0.396. The van der Waals surface area contributed by atoms with E-state index in [-0.39, 0.29) is 11.7 Å². The van der Waals surface area contributed by atoms with Crippen molar-refractivity contribution in [2.75, 3.05) is 11.9 Å². The Hall–Kier alpha value is -2.53. The van der Waals surface area contributed by atoms with Crippen molar-refractivity contribution >= 4 is 29.0 Å². The molecule has 1 amide bonds. The molecule has 0 saturated carbocycles. The van der Waals surface area contributed by atoms with Crippen molar-refractivity contribution in [3.63, 3.8) is 0 Å². The number of anilines is 1. The molecule has 0 spiro atoms. The van der Waals surface area contributed by atoms with Gasteiger partial charge in [-0.05, 0) is 30.3 Å². The second-order valence-electron chi connectivity index (χ2n) is 4.41. The van der Waals surface area contributed by atoms with Crippen LogP contribution in [0.1, 0.15) is 15.9 Å². The summed E-state index contributed by atoms with van der Waals surface area (Å²) in [5, 5.41) is 12.2. The first kappa shape index (κ1) is 14.9. The summed E-state index contributed by atoms with van der Waals surface area (Å²) in [6.45, 7) is 0. The monoisotopic (exact) mass is 303 g/mol. The Morgan fingerprint density at radius 3 is 2.52 bits per heavy atom. The minimum atomic E-state index is -0.200. The highest BCUT2D eigenvalue weighted by Crippen LogP contribution is 2.19. The van der Waals surface area contributed by atoms with Crippen LogP contribution in [0.5, 0.6) is 0 Å². The van der Waals surface area contributed by atoms with Gasteiger partial charge in [0.25, 0.3) is 5.91 Å².